The molecule has 3 aromatic carbocycles. The third-order valence-corrected chi connectivity index (χ3v) is 10.5. The lowest BCUT2D eigenvalue weighted by atomic mass is 9.85. The number of carbonyl (C=O) groups excluding carboxylic acids is 2. The van der Waals surface area contributed by atoms with Crippen molar-refractivity contribution in [1.29, 1.82) is 0 Å². The van der Waals surface area contributed by atoms with E-state index in [1.807, 2.05) is 44.3 Å². The molecule has 2 saturated heterocycles. The molecule has 3 atom stereocenters. The fourth-order valence-corrected chi connectivity index (χ4v) is 8.24. The largest absolute Gasteiger partial charge is 0.489 e. The van der Waals surface area contributed by atoms with Crippen LogP contribution in [0.2, 0.25) is 20.1 Å². The number of amides is 1. The molecule has 1 amide bonds. The number of ether oxygens (including phenoxy) is 1. The summed E-state index contributed by atoms with van der Waals surface area (Å²) in [6.07, 6.45) is 7.80. The number of nitrogens with one attached hydrogen (secondary N) is 1. The van der Waals surface area contributed by atoms with Crippen molar-refractivity contribution >= 4 is 69.0 Å². The number of nitrogens with zero attached hydrogens (tertiary/aromatic N) is 2. The normalized spacial score (nSPS) is 19.4. The number of hydrogen-bond acceptors (Lipinski definition) is 4. The molecule has 3 heterocycles. The molecule has 2 aliphatic heterocycles. The number of fused-ring (bicyclic) bond motifs is 3. The SMILES string of the molecule is CC(C)Oc1cccc2c(C(=O)NCc3ccc(Cl)c(Cl)c3)cn(CCCN3[C@@H]4CC[C@H]3CC(CC(=O)c3cc(Cl)cc(Cl)c3)C4)c12. The van der Waals surface area contributed by atoms with E-state index in [0.717, 1.165) is 54.6 Å². The van der Waals surface area contributed by atoms with E-state index < -0.39 is 0 Å². The summed E-state index contributed by atoms with van der Waals surface area (Å²) in [6, 6.07) is 17.3. The van der Waals surface area contributed by atoms with Gasteiger partial charge in [-0.1, -0.05) is 64.6 Å². The van der Waals surface area contributed by atoms with Gasteiger partial charge >= 0.3 is 0 Å². The zero-order valence-electron chi connectivity index (χ0n) is 26.6. The molecule has 1 N–H and O–H groups in total. The average molecular weight is 716 g/mol. The molecular weight excluding hydrogens is 676 g/mol. The monoisotopic (exact) mass is 713 g/mol. The number of carbonyl (C=O) groups is 2. The van der Waals surface area contributed by atoms with Crippen LogP contribution in [0.15, 0.2) is 60.8 Å². The Morgan fingerprint density at radius 3 is 2.32 bits per heavy atom. The lowest BCUT2D eigenvalue weighted by Gasteiger charge is -2.39. The summed E-state index contributed by atoms with van der Waals surface area (Å²) in [5.74, 6) is 1.09. The summed E-state index contributed by atoms with van der Waals surface area (Å²) in [5, 5.41) is 5.83. The zero-order chi connectivity index (χ0) is 33.2. The fourth-order valence-electron chi connectivity index (χ4n) is 7.40. The predicted octanol–water partition coefficient (Wildman–Crippen LogP) is 9.88. The van der Waals surface area contributed by atoms with Crippen molar-refractivity contribution in [2.45, 2.75) is 83.6 Å². The number of Topliss-reactive ketones (excluding diaryl/α,β-unsaturated/α-hetero) is 1. The number of ketones is 1. The Labute approximate surface area is 296 Å². The Kier molecular flexibility index (Phi) is 10.7. The van der Waals surface area contributed by atoms with Crippen LogP contribution in [-0.2, 0) is 13.1 Å². The van der Waals surface area contributed by atoms with Crippen LogP contribution in [0.4, 0.5) is 0 Å². The first-order valence-corrected chi connectivity index (χ1v) is 17.8. The van der Waals surface area contributed by atoms with E-state index in [9.17, 15) is 9.59 Å². The third-order valence-electron chi connectivity index (χ3n) is 9.36. The van der Waals surface area contributed by atoms with Crippen LogP contribution in [0, 0.1) is 5.92 Å². The maximum atomic E-state index is 13.5. The molecule has 0 spiro atoms. The highest BCUT2D eigenvalue weighted by atomic mass is 35.5. The topological polar surface area (TPSA) is 63.6 Å². The van der Waals surface area contributed by atoms with Crippen molar-refractivity contribution in [1.82, 2.24) is 14.8 Å². The van der Waals surface area contributed by atoms with Gasteiger partial charge in [0.2, 0.25) is 0 Å². The number of para-hydroxylation sites is 1. The van der Waals surface area contributed by atoms with Gasteiger partial charge in [-0.05, 0) is 93.8 Å². The molecule has 0 radical (unpaired) electrons. The number of halogens is 4. The van der Waals surface area contributed by atoms with Crippen molar-refractivity contribution in [3.63, 3.8) is 0 Å². The van der Waals surface area contributed by atoms with Crippen LogP contribution >= 0.6 is 46.4 Å². The van der Waals surface area contributed by atoms with Crippen molar-refractivity contribution in [3.05, 3.63) is 97.6 Å². The molecule has 0 aliphatic carbocycles. The molecule has 1 aromatic heterocycles. The first-order valence-electron chi connectivity index (χ1n) is 16.3. The first-order chi connectivity index (χ1) is 22.5. The molecule has 4 aromatic rings. The molecule has 1 unspecified atom stereocenters. The number of piperidine rings is 1. The van der Waals surface area contributed by atoms with Gasteiger partial charge in [0.05, 0.1) is 27.2 Å². The first kappa shape index (κ1) is 34.1. The van der Waals surface area contributed by atoms with Gasteiger partial charge in [0.1, 0.15) is 5.75 Å². The highest BCUT2D eigenvalue weighted by Crippen LogP contribution is 2.41. The third kappa shape index (κ3) is 7.95. The van der Waals surface area contributed by atoms with Crippen LogP contribution in [-0.4, -0.2) is 45.9 Å². The Bertz CT molecular complexity index is 1750. The Morgan fingerprint density at radius 1 is 0.915 bits per heavy atom. The van der Waals surface area contributed by atoms with Crippen LogP contribution in [0.1, 0.15) is 78.7 Å². The second-order valence-electron chi connectivity index (χ2n) is 13.1. The van der Waals surface area contributed by atoms with Gasteiger partial charge in [-0.2, -0.15) is 0 Å². The summed E-state index contributed by atoms with van der Waals surface area (Å²) in [5.41, 5.74) is 3.01. The van der Waals surface area contributed by atoms with Crippen molar-refractivity contribution in [2.75, 3.05) is 6.54 Å². The summed E-state index contributed by atoms with van der Waals surface area (Å²) >= 11 is 24.6. The molecule has 6 rings (SSSR count). The van der Waals surface area contributed by atoms with E-state index in [1.165, 1.54) is 12.8 Å². The molecule has 248 valence electrons. The quantitative estimate of drug-likeness (QED) is 0.148. The molecule has 2 bridgehead atoms. The van der Waals surface area contributed by atoms with Gasteiger partial charge < -0.3 is 14.6 Å². The molecule has 2 aliphatic rings. The van der Waals surface area contributed by atoms with Crippen molar-refractivity contribution in [2.24, 2.45) is 5.92 Å². The van der Waals surface area contributed by atoms with Crippen LogP contribution in [0.25, 0.3) is 10.9 Å². The van der Waals surface area contributed by atoms with Gasteiger partial charge in [-0.15, -0.1) is 0 Å². The number of rotatable bonds is 12. The minimum atomic E-state index is -0.156. The fraction of sp³-hybridized carbons (Fsp3) is 0.405. The number of hydrogen-bond donors (Lipinski definition) is 1. The highest BCUT2D eigenvalue weighted by Gasteiger charge is 2.40. The summed E-state index contributed by atoms with van der Waals surface area (Å²) in [4.78, 5) is 29.2. The van der Waals surface area contributed by atoms with E-state index in [-0.39, 0.29) is 17.8 Å². The minimum Gasteiger partial charge on any atom is -0.489 e. The van der Waals surface area contributed by atoms with Gasteiger partial charge in [0.15, 0.2) is 5.78 Å². The van der Waals surface area contributed by atoms with E-state index >= 15 is 0 Å². The second kappa shape index (κ2) is 14.8. The summed E-state index contributed by atoms with van der Waals surface area (Å²) in [7, 11) is 0. The maximum absolute atomic E-state index is 13.5. The number of aromatic nitrogens is 1. The van der Waals surface area contributed by atoms with E-state index in [2.05, 4.69) is 14.8 Å². The Balaban J connectivity index is 1.12. The number of benzene rings is 3. The van der Waals surface area contributed by atoms with Crippen molar-refractivity contribution < 1.29 is 14.3 Å². The van der Waals surface area contributed by atoms with Crippen LogP contribution < -0.4 is 10.1 Å². The standard InChI is InChI=1S/C37H39Cl4N3O3/c1-22(2)47-35-6-3-5-30-31(37(46)42-20-23-7-10-32(40)33(41)15-23)21-43(36(30)35)11-4-12-44-28-8-9-29(44)14-24(13-28)16-34(45)25-17-26(38)19-27(39)18-25/h3,5-7,10,15,17-19,21-22,24,28-29H,4,8-9,11-14,16,20H2,1-2H3,(H,42,46)/t24?,28-,29+. The molecule has 6 nitrogen and oxygen atoms in total. The molecule has 0 saturated carbocycles. The predicted molar refractivity (Wildman–Crippen MR) is 192 cm³/mol. The lowest BCUT2D eigenvalue weighted by molar-refractivity contribution is 0.0807. The lowest BCUT2D eigenvalue weighted by Crippen LogP contribution is -2.43. The average Bonchev–Trinajstić information content (AvgIpc) is 3.50. The Morgan fingerprint density at radius 2 is 1.64 bits per heavy atom. The van der Waals surface area contributed by atoms with Gasteiger partial charge in [-0.3, -0.25) is 14.5 Å². The van der Waals surface area contributed by atoms with E-state index in [4.69, 9.17) is 51.1 Å². The van der Waals surface area contributed by atoms with Crippen molar-refractivity contribution in [3.8, 4) is 5.75 Å². The van der Waals surface area contributed by atoms with Gasteiger partial charge in [0, 0.05) is 65.3 Å². The zero-order valence-corrected chi connectivity index (χ0v) is 29.6. The molecular formula is C37H39Cl4N3O3. The van der Waals surface area contributed by atoms with Crippen LogP contribution in [0.5, 0.6) is 5.75 Å². The molecule has 47 heavy (non-hydrogen) atoms. The summed E-state index contributed by atoms with van der Waals surface area (Å²) in [6.45, 7) is 6.07. The highest BCUT2D eigenvalue weighted by molar-refractivity contribution is 6.42. The van der Waals surface area contributed by atoms with Gasteiger partial charge in [0.25, 0.3) is 5.91 Å². The Hall–Kier alpha value is -2.74. The number of aryl methyl sites for hydroxylation is 1. The van der Waals surface area contributed by atoms with E-state index in [0.29, 0.717) is 62.2 Å². The smallest absolute Gasteiger partial charge is 0.253 e. The molecule has 2 fully saturated rings. The minimum absolute atomic E-state index is 0.00412. The summed E-state index contributed by atoms with van der Waals surface area (Å²) < 4.78 is 8.38. The second-order valence-corrected chi connectivity index (χ2v) is 14.8. The van der Waals surface area contributed by atoms with E-state index in [1.54, 1.807) is 30.3 Å². The molecule has 10 heteroatoms. The van der Waals surface area contributed by atoms with Gasteiger partial charge in [-0.25, -0.2) is 0 Å². The van der Waals surface area contributed by atoms with Crippen LogP contribution in [0.3, 0.4) is 0 Å². The maximum Gasteiger partial charge on any atom is 0.253 e.